The summed E-state index contributed by atoms with van der Waals surface area (Å²) in [5, 5.41) is 0.506. The maximum absolute atomic E-state index is 13.5. The molecule has 0 bridgehead atoms. The van der Waals surface area contributed by atoms with E-state index < -0.39 is 0 Å². The third kappa shape index (κ3) is 2.76. The molecule has 0 aliphatic carbocycles. The molecule has 0 radical (unpaired) electrons. The Morgan fingerprint density at radius 1 is 1.07 bits per heavy atom. The van der Waals surface area contributed by atoms with Crippen molar-refractivity contribution in [3.05, 3.63) is 69.2 Å². The predicted molar refractivity (Wildman–Crippen MR) is 123 cm³/mol. The zero-order valence-corrected chi connectivity index (χ0v) is 18.5. The molecule has 150 valence electrons. The summed E-state index contributed by atoms with van der Waals surface area (Å²) >= 11 is 3.56. The second-order valence-corrected chi connectivity index (χ2v) is 8.42. The van der Waals surface area contributed by atoms with Gasteiger partial charge in [0.25, 0.3) is 5.56 Å². The van der Waals surface area contributed by atoms with Crippen LogP contribution in [0.5, 0.6) is 0 Å². The van der Waals surface area contributed by atoms with E-state index >= 15 is 0 Å². The first-order valence-electron chi connectivity index (χ1n) is 9.94. The third-order valence-electron chi connectivity index (χ3n) is 5.65. The summed E-state index contributed by atoms with van der Waals surface area (Å²) in [6, 6.07) is 13.8. The molecule has 7 heteroatoms. The van der Waals surface area contributed by atoms with Gasteiger partial charge in [0.05, 0.1) is 11.0 Å². The number of halogens is 1. The second kappa shape index (κ2) is 7.02. The highest BCUT2D eigenvalue weighted by atomic mass is 79.9. The summed E-state index contributed by atoms with van der Waals surface area (Å²) in [5.41, 5.74) is 5.23. The number of rotatable bonds is 3. The van der Waals surface area contributed by atoms with Gasteiger partial charge < -0.3 is 0 Å². The lowest BCUT2D eigenvalue weighted by atomic mass is 10.2. The maximum atomic E-state index is 13.5. The SMILES string of the molecule is CC[C@@H](C)n1cnc2c(c1=O)c1nc3ccccc3nc1n2-c1ccc(Br)c(C)c1. The molecule has 0 fully saturated rings. The van der Waals surface area contributed by atoms with Crippen LogP contribution in [-0.4, -0.2) is 24.1 Å². The molecule has 6 nitrogen and oxygen atoms in total. The molecule has 1 atom stereocenters. The first kappa shape index (κ1) is 18.9. The Labute approximate surface area is 181 Å². The zero-order chi connectivity index (χ0) is 21.0. The largest absolute Gasteiger partial charge is 0.296 e. The molecular formula is C23H20BrN5O. The van der Waals surface area contributed by atoms with Gasteiger partial charge in [0, 0.05) is 16.2 Å². The first-order valence-corrected chi connectivity index (χ1v) is 10.7. The van der Waals surface area contributed by atoms with Crippen LogP contribution in [0.4, 0.5) is 0 Å². The fourth-order valence-corrected chi connectivity index (χ4v) is 4.02. The number of aryl methyl sites for hydroxylation is 1. The molecule has 2 aromatic carbocycles. The number of benzene rings is 2. The van der Waals surface area contributed by atoms with Gasteiger partial charge in [-0.3, -0.25) is 13.9 Å². The minimum absolute atomic E-state index is 0.0520. The fourth-order valence-electron chi connectivity index (χ4n) is 3.77. The van der Waals surface area contributed by atoms with Crippen LogP contribution in [0.1, 0.15) is 31.9 Å². The van der Waals surface area contributed by atoms with Crippen molar-refractivity contribution in [1.82, 2.24) is 24.1 Å². The number of hydrogen-bond acceptors (Lipinski definition) is 4. The van der Waals surface area contributed by atoms with Crippen molar-refractivity contribution in [3.8, 4) is 5.69 Å². The van der Waals surface area contributed by atoms with E-state index in [4.69, 9.17) is 15.0 Å². The summed E-state index contributed by atoms with van der Waals surface area (Å²) in [7, 11) is 0. The Morgan fingerprint density at radius 3 is 2.50 bits per heavy atom. The summed E-state index contributed by atoms with van der Waals surface area (Å²) in [5.74, 6) is 0. The van der Waals surface area contributed by atoms with Crippen LogP contribution in [0.25, 0.3) is 38.9 Å². The van der Waals surface area contributed by atoms with Crippen LogP contribution < -0.4 is 5.56 Å². The molecule has 0 spiro atoms. The molecule has 0 unspecified atom stereocenters. The number of fused-ring (bicyclic) bond motifs is 4. The molecular weight excluding hydrogens is 442 g/mol. The van der Waals surface area contributed by atoms with Gasteiger partial charge in [-0.2, -0.15) is 0 Å². The first-order chi connectivity index (χ1) is 14.5. The van der Waals surface area contributed by atoms with Crippen molar-refractivity contribution >= 4 is 49.2 Å². The van der Waals surface area contributed by atoms with E-state index in [9.17, 15) is 4.79 Å². The fraction of sp³-hybridized carbons (Fsp3) is 0.217. The highest BCUT2D eigenvalue weighted by Gasteiger charge is 2.22. The molecule has 5 aromatic rings. The van der Waals surface area contributed by atoms with Gasteiger partial charge in [-0.25, -0.2) is 15.0 Å². The van der Waals surface area contributed by atoms with E-state index in [-0.39, 0.29) is 11.6 Å². The van der Waals surface area contributed by atoms with Crippen molar-refractivity contribution in [3.63, 3.8) is 0 Å². The van der Waals surface area contributed by atoms with Crippen molar-refractivity contribution in [2.24, 2.45) is 0 Å². The summed E-state index contributed by atoms with van der Waals surface area (Å²) < 4.78 is 4.65. The molecule has 0 aliphatic rings. The second-order valence-electron chi connectivity index (χ2n) is 7.57. The van der Waals surface area contributed by atoms with Gasteiger partial charge in [0.1, 0.15) is 17.2 Å². The van der Waals surface area contributed by atoms with Crippen LogP contribution >= 0.6 is 15.9 Å². The summed E-state index contributed by atoms with van der Waals surface area (Å²) in [4.78, 5) is 27.9. The normalized spacial score (nSPS) is 12.8. The Morgan fingerprint density at radius 2 is 1.80 bits per heavy atom. The molecule has 0 aliphatic heterocycles. The van der Waals surface area contributed by atoms with Gasteiger partial charge in [-0.1, -0.05) is 35.0 Å². The molecule has 0 N–H and O–H groups in total. The highest BCUT2D eigenvalue weighted by Crippen LogP contribution is 2.30. The lowest BCUT2D eigenvalue weighted by Gasteiger charge is -2.12. The summed E-state index contributed by atoms with van der Waals surface area (Å²) in [6.45, 7) is 6.11. The monoisotopic (exact) mass is 461 g/mol. The van der Waals surface area contributed by atoms with Gasteiger partial charge in [0.2, 0.25) is 0 Å². The minimum atomic E-state index is -0.0866. The van der Waals surface area contributed by atoms with Gasteiger partial charge in [0.15, 0.2) is 11.3 Å². The molecule has 5 rings (SSSR count). The van der Waals surface area contributed by atoms with Gasteiger partial charge in [-0.05, 0) is 56.2 Å². The van der Waals surface area contributed by atoms with Crippen LogP contribution in [-0.2, 0) is 0 Å². The Bertz CT molecular complexity index is 1500. The van der Waals surface area contributed by atoms with E-state index in [1.807, 2.05) is 54.8 Å². The standard InChI is InChI=1S/C23H20BrN5O/c1-4-14(3)28-12-25-21-19(23(28)30)20-22(27-18-8-6-5-7-17(18)26-20)29(21)15-9-10-16(24)13(2)11-15/h5-12,14H,4H2,1-3H3/t14-/m1/s1. The molecule has 3 heterocycles. The number of hydrogen-bond donors (Lipinski definition) is 0. The molecule has 3 aromatic heterocycles. The van der Waals surface area contributed by atoms with Crippen LogP contribution in [0.2, 0.25) is 0 Å². The van der Waals surface area contributed by atoms with E-state index in [2.05, 4.69) is 28.9 Å². The van der Waals surface area contributed by atoms with E-state index in [0.717, 1.165) is 33.2 Å². The lowest BCUT2D eigenvalue weighted by molar-refractivity contribution is 0.510. The molecule has 0 amide bonds. The van der Waals surface area contributed by atoms with Crippen molar-refractivity contribution in [2.45, 2.75) is 33.2 Å². The Hall–Kier alpha value is -3.06. The van der Waals surface area contributed by atoms with E-state index in [0.29, 0.717) is 22.2 Å². The zero-order valence-electron chi connectivity index (χ0n) is 16.9. The third-order valence-corrected chi connectivity index (χ3v) is 6.54. The topological polar surface area (TPSA) is 65.6 Å². The van der Waals surface area contributed by atoms with Crippen molar-refractivity contribution in [2.75, 3.05) is 0 Å². The summed E-state index contributed by atoms with van der Waals surface area (Å²) in [6.07, 6.45) is 2.48. The van der Waals surface area contributed by atoms with Crippen molar-refractivity contribution in [1.29, 1.82) is 0 Å². The lowest BCUT2D eigenvalue weighted by Crippen LogP contribution is -2.23. The molecule has 0 saturated heterocycles. The van der Waals surface area contributed by atoms with Crippen molar-refractivity contribution < 1.29 is 0 Å². The average Bonchev–Trinajstić information content (AvgIpc) is 3.07. The molecule has 30 heavy (non-hydrogen) atoms. The predicted octanol–water partition coefficient (Wildman–Crippen LogP) is 5.33. The Kier molecular flexibility index (Phi) is 4.43. The van der Waals surface area contributed by atoms with E-state index in [1.54, 1.807) is 10.9 Å². The van der Waals surface area contributed by atoms with Crippen LogP contribution in [0.15, 0.2) is 58.1 Å². The highest BCUT2D eigenvalue weighted by molar-refractivity contribution is 9.10. The Balaban J connectivity index is 1.98. The quantitative estimate of drug-likeness (QED) is 0.364. The van der Waals surface area contributed by atoms with E-state index in [1.165, 1.54) is 0 Å². The minimum Gasteiger partial charge on any atom is -0.296 e. The van der Waals surface area contributed by atoms with Gasteiger partial charge in [-0.15, -0.1) is 0 Å². The van der Waals surface area contributed by atoms with Crippen LogP contribution in [0, 0.1) is 6.92 Å². The number of para-hydroxylation sites is 2. The number of aromatic nitrogens is 5. The van der Waals surface area contributed by atoms with Gasteiger partial charge >= 0.3 is 0 Å². The number of nitrogens with zero attached hydrogens (tertiary/aromatic N) is 5. The molecule has 0 saturated carbocycles. The maximum Gasteiger partial charge on any atom is 0.265 e. The average molecular weight is 462 g/mol. The van der Waals surface area contributed by atoms with Crippen LogP contribution in [0.3, 0.4) is 0 Å². The smallest absolute Gasteiger partial charge is 0.265 e.